The number of benzene rings is 3. The molecule has 136 valence electrons. The third-order valence-electron chi connectivity index (χ3n) is 5.06. The Bertz CT molecular complexity index is 1290. The summed E-state index contributed by atoms with van der Waals surface area (Å²) in [5.74, 6) is 0.742. The molecule has 3 aromatic carbocycles. The van der Waals surface area contributed by atoms with E-state index in [0.717, 1.165) is 33.3 Å². The van der Waals surface area contributed by atoms with E-state index in [2.05, 4.69) is 69.2 Å². The molecule has 0 spiro atoms. The normalized spacial score (nSPS) is 11.2. The summed E-state index contributed by atoms with van der Waals surface area (Å²) < 4.78 is 2.15. The Hall–Kier alpha value is -3.73. The number of hydrogen-bond donors (Lipinski definition) is 1. The molecule has 0 fully saturated rings. The van der Waals surface area contributed by atoms with Crippen LogP contribution in [0.15, 0.2) is 73.2 Å². The van der Waals surface area contributed by atoms with Gasteiger partial charge in [-0.25, -0.2) is 4.98 Å². The molecule has 5 aromatic rings. The highest BCUT2D eigenvalue weighted by molar-refractivity contribution is 5.93. The molecule has 2 heterocycles. The SMILES string of the molecule is Cc1cccc(C)c1-n1cnc2cc(Nc3nncc4ccccc34)ccc21. The third kappa shape index (κ3) is 2.68. The van der Waals surface area contributed by atoms with Crippen LogP contribution in [0.3, 0.4) is 0 Å². The van der Waals surface area contributed by atoms with Crippen molar-refractivity contribution >= 4 is 33.3 Å². The number of aromatic nitrogens is 4. The Morgan fingerprint density at radius 2 is 1.71 bits per heavy atom. The van der Waals surface area contributed by atoms with Crippen LogP contribution in [-0.4, -0.2) is 19.7 Å². The average molecular weight is 365 g/mol. The van der Waals surface area contributed by atoms with Gasteiger partial charge >= 0.3 is 0 Å². The smallest absolute Gasteiger partial charge is 0.160 e. The number of anilines is 2. The maximum atomic E-state index is 4.63. The number of nitrogens with zero attached hydrogens (tertiary/aromatic N) is 4. The first-order valence-electron chi connectivity index (χ1n) is 9.22. The molecule has 0 saturated heterocycles. The summed E-state index contributed by atoms with van der Waals surface area (Å²) in [6.07, 6.45) is 3.66. The summed E-state index contributed by atoms with van der Waals surface area (Å²) in [6.45, 7) is 4.26. The Kier molecular flexibility index (Phi) is 3.79. The van der Waals surface area contributed by atoms with E-state index in [1.165, 1.54) is 16.8 Å². The van der Waals surface area contributed by atoms with Crippen LogP contribution >= 0.6 is 0 Å². The van der Waals surface area contributed by atoms with Gasteiger partial charge in [-0.15, -0.1) is 5.10 Å². The van der Waals surface area contributed by atoms with Gasteiger partial charge in [0.25, 0.3) is 0 Å². The quantitative estimate of drug-likeness (QED) is 0.469. The Labute approximate surface area is 162 Å². The first-order chi connectivity index (χ1) is 13.7. The average Bonchev–Trinajstić information content (AvgIpc) is 3.11. The summed E-state index contributed by atoms with van der Waals surface area (Å²) in [7, 11) is 0. The van der Waals surface area contributed by atoms with Gasteiger partial charge in [0.05, 0.1) is 22.9 Å². The van der Waals surface area contributed by atoms with E-state index in [1.807, 2.05) is 36.7 Å². The third-order valence-corrected chi connectivity index (χ3v) is 5.06. The molecule has 0 aliphatic rings. The van der Waals surface area contributed by atoms with Gasteiger partial charge in [0.15, 0.2) is 5.82 Å². The van der Waals surface area contributed by atoms with E-state index in [-0.39, 0.29) is 0 Å². The molecule has 0 amide bonds. The lowest BCUT2D eigenvalue weighted by molar-refractivity contribution is 1.05. The summed E-state index contributed by atoms with van der Waals surface area (Å²) in [6, 6.07) is 20.6. The van der Waals surface area contributed by atoms with E-state index in [9.17, 15) is 0 Å². The molecule has 0 aliphatic heterocycles. The molecule has 0 bridgehead atoms. The molecular weight excluding hydrogens is 346 g/mol. The monoisotopic (exact) mass is 365 g/mol. The minimum absolute atomic E-state index is 0.742. The van der Waals surface area contributed by atoms with Crippen LogP contribution in [-0.2, 0) is 0 Å². The molecule has 5 nitrogen and oxygen atoms in total. The van der Waals surface area contributed by atoms with Crippen LogP contribution in [0.4, 0.5) is 11.5 Å². The molecule has 0 saturated carbocycles. The lowest BCUT2D eigenvalue weighted by Crippen LogP contribution is -1.99. The van der Waals surface area contributed by atoms with Gasteiger partial charge in [0.1, 0.15) is 6.33 Å². The lowest BCUT2D eigenvalue weighted by atomic mass is 10.1. The molecule has 0 aliphatic carbocycles. The zero-order chi connectivity index (χ0) is 19.1. The molecule has 1 N–H and O–H groups in total. The van der Waals surface area contributed by atoms with Crippen LogP contribution in [0.1, 0.15) is 11.1 Å². The number of aryl methyl sites for hydroxylation is 2. The van der Waals surface area contributed by atoms with Gasteiger partial charge in [0, 0.05) is 16.5 Å². The number of para-hydroxylation sites is 1. The lowest BCUT2D eigenvalue weighted by Gasteiger charge is -2.12. The molecule has 28 heavy (non-hydrogen) atoms. The Morgan fingerprint density at radius 3 is 2.57 bits per heavy atom. The highest BCUT2D eigenvalue weighted by Crippen LogP contribution is 2.28. The first kappa shape index (κ1) is 16.4. The predicted octanol–water partition coefficient (Wildman–Crippen LogP) is 5.33. The van der Waals surface area contributed by atoms with E-state index < -0.39 is 0 Å². The second-order valence-corrected chi connectivity index (χ2v) is 6.96. The van der Waals surface area contributed by atoms with Crippen molar-refractivity contribution in [2.75, 3.05) is 5.32 Å². The fourth-order valence-corrected chi connectivity index (χ4v) is 3.71. The second kappa shape index (κ2) is 6.46. The molecule has 5 heteroatoms. The number of hydrogen-bond acceptors (Lipinski definition) is 4. The maximum Gasteiger partial charge on any atom is 0.160 e. The van der Waals surface area contributed by atoms with Crippen molar-refractivity contribution < 1.29 is 0 Å². The summed E-state index contributed by atoms with van der Waals surface area (Å²) >= 11 is 0. The van der Waals surface area contributed by atoms with Crippen LogP contribution in [0.25, 0.3) is 27.5 Å². The Balaban J connectivity index is 1.57. The fourth-order valence-electron chi connectivity index (χ4n) is 3.71. The van der Waals surface area contributed by atoms with Gasteiger partial charge in [-0.2, -0.15) is 5.10 Å². The molecule has 2 aromatic heterocycles. The zero-order valence-electron chi connectivity index (χ0n) is 15.7. The molecule has 5 rings (SSSR count). The van der Waals surface area contributed by atoms with Crippen molar-refractivity contribution in [2.45, 2.75) is 13.8 Å². The second-order valence-electron chi connectivity index (χ2n) is 6.96. The number of imidazole rings is 1. The van der Waals surface area contributed by atoms with Crippen molar-refractivity contribution in [2.24, 2.45) is 0 Å². The zero-order valence-corrected chi connectivity index (χ0v) is 15.7. The summed E-state index contributed by atoms with van der Waals surface area (Å²) in [5, 5.41) is 13.9. The van der Waals surface area contributed by atoms with E-state index in [1.54, 1.807) is 6.20 Å². The van der Waals surface area contributed by atoms with Crippen LogP contribution in [0, 0.1) is 13.8 Å². The summed E-state index contributed by atoms with van der Waals surface area (Å²) in [5.41, 5.74) is 6.59. The summed E-state index contributed by atoms with van der Waals surface area (Å²) in [4.78, 5) is 4.63. The van der Waals surface area contributed by atoms with E-state index in [4.69, 9.17) is 0 Å². The van der Waals surface area contributed by atoms with Gasteiger partial charge in [0.2, 0.25) is 0 Å². The van der Waals surface area contributed by atoms with Crippen molar-refractivity contribution in [3.63, 3.8) is 0 Å². The number of nitrogens with one attached hydrogen (secondary N) is 1. The number of fused-ring (bicyclic) bond motifs is 2. The standard InChI is InChI=1S/C23H19N5/c1-15-6-5-7-16(2)22(15)28-14-24-20-12-18(10-11-21(20)28)26-23-19-9-4-3-8-17(19)13-25-27-23/h3-14H,1-2H3,(H,26,27). The first-order valence-corrected chi connectivity index (χ1v) is 9.22. The van der Waals surface area contributed by atoms with Crippen molar-refractivity contribution in [1.29, 1.82) is 0 Å². The molecule has 0 unspecified atom stereocenters. The van der Waals surface area contributed by atoms with E-state index >= 15 is 0 Å². The molecule has 0 radical (unpaired) electrons. The maximum absolute atomic E-state index is 4.63. The van der Waals surface area contributed by atoms with Crippen molar-refractivity contribution in [3.8, 4) is 5.69 Å². The molecule has 0 atom stereocenters. The van der Waals surface area contributed by atoms with Crippen LogP contribution in [0.2, 0.25) is 0 Å². The fraction of sp³-hybridized carbons (Fsp3) is 0.0870. The highest BCUT2D eigenvalue weighted by Gasteiger charge is 2.11. The van der Waals surface area contributed by atoms with Gasteiger partial charge in [-0.3, -0.25) is 4.57 Å². The highest BCUT2D eigenvalue weighted by atomic mass is 15.2. The van der Waals surface area contributed by atoms with Gasteiger partial charge < -0.3 is 5.32 Å². The minimum atomic E-state index is 0.742. The van der Waals surface area contributed by atoms with Crippen molar-refractivity contribution in [3.05, 3.63) is 84.3 Å². The van der Waals surface area contributed by atoms with Crippen LogP contribution < -0.4 is 5.32 Å². The largest absolute Gasteiger partial charge is 0.338 e. The molecular formula is C23H19N5. The number of rotatable bonds is 3. The van der Waals surface area contributed by atoms with E-state index in [0.29, 0.717) is 0 Å². The van der Waals surface area contributed by atoms with Gasteiger partial charge in [-0.1, -0.05) is 42.5 Å². The van der Waals surface area contributed by atoms with Gasteiger partial charge in [-0.05, 0) is 43.2 Å². The Morgan fingerprint density at radius 1 is 0.893 bits per heavy atom. The van der Waals surface area contributed by atoms with Crippen LogP contribution in [0.5, 0.6) is 0 Å². The topological polar surface area (TPSA) is 55.6 Å². The minimum Gasteiger partial charge on any atom is -0.338 e. The predicted molar refractivity (Wildman–Crippen MR) is 113 cm³/mol. The van der Waals surface area contributed by atoms with Crippen molar-refractivity contribution in [1.82, 2.24) is 19.7 Å².